The number of hydrogen-bond donors (Lipinski definition) is 0. The molecule has 0 saturated heterocycles. The van der Waals surface area contributed by atoms with E-state index in [0.717, 1.165) is 12.7 Å². The Morgan fingerprint density at radius 3 is 1.58 bits per heavy atom. The second-order valence-electron chi connectivity index (χ2n) is 5.46. The van der Waals surface area contributed by atoms with E-state index in [1.54, 1.807) is 0 Å². The third-order valence-corrected chi connectivity index (χ3v) is 3.45. The van der Waals surface area contributed by atoms with Crippen LogP contribution in [0.5, 0.6) is 0 Å². The van der Waals surface area contributed by atoms with Crippen LogP contribution < -0.4 is 0 Å². The van der Waals surface area contributed by atoms with Gasteiger partial charge in [0.15, 0.2) is 6.29 Å². The minimum Gasteiger partial charge on any atom is -0.374 e. The molecule has 0 saturated carbocycles. The van der Waals surface area contributed by atoms with Gasteiger partial charge in [-0.1, -0.05) is 30.4 Å². The van der Waals surface area contributed by atoms with Crippen molar-refractivity contribution in [1.29, 1.82) is 0 Å². The summed E-state index contributed by atoms with van der Waals surface area (Å²) in [4.78, 5) is 10.4. The standard InChI is InChI=1S/C21H36O5/c1-5-23-19(13-9-10-18-22)14-11-15-20(24-6-2)16-12-17-21(25-7-3)26-8-4/h9-12,14,16,18-21H,5-8,13,15,17H2,1-4H3/b10-9+,14-11+,16-12+. The molecule has 0 fully saturated rings. The Balaban J connectivity index is 4.55. The summed E-state index contributed by atoms with van der Waals surface area (Å²) in [5.74, 6) is 0. The zero-order chi connectivity index (χ0) is 19.5. The van der Waals surface area contributed by atoms with Crippen LogP contribution in [0.15, 0.2) is 36.5 Å². The van der Waals surface area contributed by atoms with Crippen LogP contribution in [0, 0.1) is 0 Å². The van der Waals surface area contributed by atoms with Gasteiger partial charge in [0, 0.05) is 32.8 Å². The Morgan fingerprint density at radius 1 is 0.654 bits per heavy atom. The number of hydrogen-bond acceptors (Lipinski definition) is 5. The van der Waals surface area contributed by atoms with Gasteiger partial charge in [0.05, 0.1) is 12.2 Å². The molecule has 0 aromatic rings. The molecule has 0 amide bonds. The molecule has 0 aromatic carbocycles. The number of carbonyl (C=O) groups excluding carboxylic acids is 1. The molecule has 0 radical (unpaired) electrons. The van der Waals surface area contributed by atoms with E-state index in [2.05, 4.69) is 18.2 Å². The molecule has 0 aliphatic rings. The highest BCUT2D eigenvalue weighted by molar-refractivity contribution is 5.64. The summed E-state index contributed by atoms with van der Waals surface area (Å²) in [6, 6.07) is 0. The summed E-state index contributed by atoms with van der Waals surface area (Å²) in [5.41, 5.74) is 0. The van der Waals surface area contributed by atoms with Crippen molar-refractivity contribution >= 4 is 6.29 Å². The molecule has 0 rings (SSSR count). The SMILES string of the molecule is CCOC(/C=C/CC(/C=C/CC(OCC)OCC)OCC)C/C=C/C=O. The Kier molecular flexibility index (Phi) is 17.6. The third-order valence-electron chi connectivity index (χ3n) is 3.45. The number of ether oxygens (including phenoxy) is 4. The fraction of sp³-hybridized carbons (Fsp3) is 0.667. The molecule has 0 heterocycles. The van der Waals surface area contributed by atoms with Crippen molar-refractivity contribution in [3.05, 3.63) is 36.5 Å². The maximum Gasteiger partial charge on any atom is 0.160 e. The largest absolute Gasteiger partial charge is 0.374 e. The van der Waals surface area contributed by atoms with Crippen LogP contribution in [0.25, 0.3) is 0 Å². The van der Waals surface area contributed by atoms with Crippen LogP contribution in [0.3, 0.4) is 0 Å². The molecule has 5 nitrogen and oxygen atoms in total. The van der Waals surface area contributed by atoms with Crippen molar-refractivity contribution in [3.8, 4) is 0 Å². The Morgan fingerprint density at radius 2 is 1.12 bits per heavy atom. The number of rotatable bonds is 17. The van der Waals surface area contributed by atoms with E-state index in [0.29, 0.717) is 39.3 Å². The molecule has 0 aromatic heterocycles. The van der Waals surface area contributed by atoms with E-state index in [4.69, 9.17) is 18.9 Å². The maximum absolute atomic E-state index is 10.4. The first-order chi connectivity index (χ1) is 12.7. The lowest BCUT2D eigenvalue weighted by molar-refractivity contribution is -0.133. The molecule has 2 unspecified atom stereocenters. The van der Waals surface area contributed by atoms with Gasteiger partial charge in [0.25, 0.3) is 0 Å². The van der Waals surface area contributed by atoms with E-state index in [1.807, 2.05) is 39.8 Å². The van der Waals surface area contributed by atoms with Crippen molar-refractivity contribution < 1.29 is 23.7 Å². The molecule has 0 aliphatic carbocycles. The van der Waals surface area contributed by atoms with E-state index < -0.39 is 0 Å². The van der Waals surface area contributed by atoms with Crippen molar-refractivity contribution in [3.63, 3.8) is 0 Å². The van der Waals surface area contributed by atoms with E-state index >= 15 is 0 Å². The van der Waals surface area contributed by atoms with Gasteiger partial charge in [0.2, 0.25) is 0 Å². The smallest absolute Gasteiger partial charge is 0.160 e. The van der Waals surface area contributed by atoms with Gasteiger partial charge in [-0.3, -0.25) is 4.79 Å². The highest BCUT2D eigenvalue weighted by atomic mass is 16.7. The molecular formula is C21H36O5. The molecule has 0 aliphatic heterocycles. The fourth-order valence-electron chi connectivity index (χ4n) is 2.36. The Labute approximate surface area is 159 Å². The third kappa shape index (κ3) is 14.0. The molecule has 5 heteroatoms. The van der Waals surface area contributed by atoms with Crippen LogP contribution in [0.1, 0.15) is 47.0 Å². The number of carbonyl (C=O) groups is 1. The highest BCUT2D eigenvalue weighted by Gasteiger charge is 2.07. The lowest BCUT2D eigenvalue weighted by Gasteiger charge is -2.16. The van der Waals surface area contributed by atoms with Crippen molar-refractivity contribution in [1.82, 2.24) is 0 Å². The molecule has 26 heavy (non-hydrogen) atoms. The van der Waals surface area contributed by atoms with Crippen LogP contribution >= 0.6 is 0 Å². The molecule has 150 valence electrons. The van der Waals surface area contributed by atoms with Gasteiger partial charge in [-0.2, -0.15) is 0 Å². The summed E-state index contributed by atoms with van der Waals surface area (Å²) in [6.45, 7) is 10.4. The molecule has 2 atom stereocenters. The molecule has 0 N–H and O–H groups in total. The topological polar surface area (TPSA) is 54.0 Å². The second-order valence-corrected chi connectivity index (χ2v) is 5.46. The van der Waals surface area contributed by atoms with Crippen LogP contribution in [-0.4, -0.2) is 51.2 Å². The number of aldehydes is 1. The minimum atomic E-state index is -0.203. The van der Waals surface area contributed by atoms with E-state index in [-0.39, 0.29) is 18.5 Å². The van der Waals surface area contributed by atoms with E-state index in [9.17, 15) is 4.79 Å². The first kappa shape index (κ1) is 24.7. The van der Waals surface area contributed by atoms with Gasteiger partial charge in [0.1, 0.15) is 6.29 Å². The van der Waals surface area contributed by atoms with Gasteiger partial charge >= 0.3 is 0 Å². The minimum absolute atomic E-state index is 0.00736. The van der Waals surface area contributed by atoms with Crippen molar-refractivity contribution in [2.75, 3.05) is 26.4 Å². The maximum atomic E-state index is 10.4. The molecular weight excluding hydrogens is 332 g/mol. The fourth-order valence-corrected chi connectivity index (χ4v) is 2.36. The average molecular weight is 369 g/mol. The van der Waals surface area contributed by atoms with Crippen LogP contribution in [0.4, 0.5) is 0 Å². The van der Waals surface area contributed by atoms with Gasteiger partial charge in [-0.15, -0.1) is 0 Å². The molecule has 0 spiro atoms. The lowest BCUT2D eigenvalue weighted by Crippen LogP contribution is -2.16. The summed E-state index contributed by atoms with van der Waals surface area (Å²) >= 11 is 0. The first-order valence-corrected chi connectivity index (χ1v) is 9.61. The quantitative estimate of drug-likeness (QED) is 0.166. The number of allylic oxidation sites excluding steroid dienone is 1. The summed E-state index contributed by atoms with van der Waals surface area (Å²) in [7, 11) is 0. The summed E-state index contributed by atoms with van der Waals surface area (Å²) < 4.78 is 22.5. The predicted molar refractivity (Wildman–Crippen MR) is 105 cm³/mol. The van der Waals surface area contributed by atoms with E-state index in [1.165, 1.54) is 6.08 Å². The Hall–Kier alpha value is -1.27. The average Bonchev–Trinajstić information content (AvgIpc) is 2.62. The van der Waals surface area contributed by atoms with Gasteiger partial charge in [-0.05, 0) is 46.6 Å². The molecule has 0 bridgehead atoms. The zero-order valence-electron chi connectivity index (χ0n) is 16.8. The normalized spacial score (nSPS) is 14.8. The monoisotopic (exact) mass is 368 g/mol. The highest BCUT2D eigenvalue weighted by Crippen LogP contribution is 2.09. The summed E-state index contributed by atoms with van der Waals surface area (Å²) in [5, 5.41) is 0. The second kappa shape index (κ2) is 18.5. The Bertz CT molecular complexity index is 397. The van der Waals surface area contributed by atoms with Crippen molar-refractivity contribution in [2.24, 2.45) is 0 Å². The predicted octanol–water partition coefficient (Wildman–Crippen LogP) is 4.23. The van der Waals surface area contributed by atoms with Gasteiger partial charge in [-0.25, -0.2) is 0 Å². The van der Waals surface area contributed by atoms with Gasteiger partial charge < -0.3 is 18.9 Å². The lowest BCUT2D eigenvalue weighted by atomic mass is 10.1. The summed E-state index contributed by atoms with van der Waals surface area (Å²) in [6.07, 6.45) is 14.2. The first-order valence-electron chi connectivity index (χ1n) is 9.61. The zero-order valence-corrected chi connectivity index (χ0v) is 16.8. The van der Waals surface area contributed by atoms with Crippen LogP contribution in [0.2, 0.25) is 0 Å². The van der Waals surface area contributed by atoms with Crippen LogP contribution in [-0.2, 0) is 23.7 Å². The van der Waals surface area contributed by atoms with Crippen molar-refractivity contribution in [2.45, 2.75) is 65.5 Å².